The predicted molar refractivity (Wildman–Crippen MR) is 82.0 cm³/mol. The lowest BCUT2D eigenvalue weighted by Gasteiger charge is -2.21. The minimum Gasteiger partial charge on any atom is -0.491 e. The third-order valence-corrected chi connectivity index (χ3v) is 3.97. The Bertz CT molecular complexity index is 666. The predicted octanol–water partition coefficient (Wildman–Crippen LogP) is 3.71. The number of hydrogen-bond donors (Lipinski definition) is 1. The van der Waals surface area contributed by atoms with E-state index in [1.165, 1.54) is 0 Å². The molecular formula is C17H21NO3. The van der Waals surface area contributed by atoms with Crippen LogP contribution in [0.2, 0.25) is 0 Å². The van der Waals surface area contributed by atoms with Crippen molar-refractivity contribution in [1.29, 1.82) is 0 Å². The summed E-state index contributed by atoms with van der Waals surface area (Å²) in [6, 6.07) is 5.79. The largest absolute Gasteiger partial charge is 0.491 e. The summed E-state index contributed by atoms with van der Waals surface area (Å²) in [5, 5.41) is 0.898. The van der Waals surface area contributed by atoms with Crippen molar-refractivity contribution in [2.24, 2.45) is 0 Å². The zero-order valence-electron chi connectivity index (χ0n) is 12.7. The third-order valence-electron chi connectivity index (χ3n) is 3.97. The van der Waals surface area contributed by atoms with Crippen LogP contribution in [0.25, 0.3) is 10.9 Å². The molecule has 2 aromatic rings. The summed E-state index contributed by atoms with van der Waals surface area (Å²) >= 11 is 0. The van der Waals surface area contributed by atoms with Crippen molar-refractivity contribution in [3.05, 3.63) is 30.0 Å². The number of Topliss-reactive ketones (excluding diaryl/α,β-unsaturated/α-hetero) is 1. The molecule has 0 radical (unpaired) electrons. The summed E-state index contributed by atoms with van der Waals surface area (Å²) in [5.41, 5.74) is 0.934. The molecule has 1 N–H and O–H groups in total. The van der Waals surface area contributed by atoms with Gasteiger partial charge in [0.25, 0.3) is 0 Å². The maximum absolute atomic E-state index is 12.8. The number of rotatable bonds is 4. The highest BCUT2D eigenvalue weighted by Gasteiger charge is 2.39. The number of H-pyrrole nitrogens is 1. The molecule has 0 saturated carbocycles. The molecule has 0 aliphatic carbocycles. The Hall–Kier alpha value is -1.81. The van der Waals surface area contributed by atoms with Gasteiger partial charge in [0, 0.05) is 29.3 Å². The van der Waals surface area contributed by atoms with Crippen LogP contribution >= 0.6 is 0 Å². The molecule has 3 rings (SSSR count). The summed E-state index contributed by atoms with van der Waals surface area (Å²) in [6.07, 6.45) is 3.60. The molecule has 112 valence electrons. The molecule has 1 atom stereocenters. The zero-order chi connectivity index (χ0) is 15.0. The lowest BCUT2D eigenvalue weighted by atomic mass is 9.92. The second-order valence-electron chi connectivity index (χ2n) is 6.09. The molecular weight excluding hydrogens is 266 g/mol. The Morgan fingerprint density at radius 1 is 1.43 bits per heavy atom. The molecule has 0 spiro atoms. The average molecular weight is 287 g/mol. The zero-order valence-corrected chi connectivity index (χ0v) is 12.7. The van der Waals surface area contributed by atoms with Crippen LogP contribution in [0.5, 0.6) is 5.75 Å². The number of ketones is 1. The maximum atomic E-state index is 12.8. The second-order valence-corrected chi connectivity index (χ2v) is 6.09. The van der Waals surface area contributed by atoms with Crippen LogP contribution in [0.3, 0.4) is 0 Å². The molecule has 4 heteroatoms. The molecule has 1 fully saturated rings. The van der Waals surface area contributed by atoms with Crippen LogP contribution in [0, 0.1) is 0 Å². The summed E-state index contributed by atoms with van der Waals surface area (Å²) < 4.78 is 11.4. The van der Waals surface area contributed by atoms with Crippen LogP contribution in [-0.4, -0.2) is 29.1 Å². The van der Waals surface area contributed by atoms with Gasteiger partial charge in [0.2, 0.25) is 0 Å². The smallest absolute Gasteiger partial charge is 0.196 e. The van der Waals surface area contributed by atoms with E-state index in [2.05, 4.69) is 4.98 Å². The number of aromatic nitrogens is 1. The second kappa shape index (κ2) is 5.19. The van der Waals surface area contributed by atoms with Gasteiger partial charge in [-0.15, -0.1) is 0 Å². The molecule has 1 aliphatic rings. The van der Waals surface area contributed by atoms with Crippen molar-refractivity contribution in [3.63, 3.8) is 0 Å². The quantitative estimate of drug-likeness (QED) is 0.872. The number of carbonyl (C=O) groups is 1. The van der Waals surface area contributed by atoms with Gasteiger partial charge in [0.1, 0.15) is 11.4 Å². The minimum atomic E-state index is -0.690. The highest BCUT2D eigenvalue weighted by Crippen LogP contribution is 2.32. The number of fused-ring (bicyclic) bond motifs is 1. The standard InChI is InChI=1S/C17H21NO3/c1-11(2)21-12-5-6-15-13(9-12)14(10-18-15)16(19)17(3)7-4-8-20-17/h5-6,9-11,18H,4,7-8H2,1-3H3. The van der Waals surface area contributed by atoms with Crippen LogP contribution in [-0.2, 0) is 4.74 Å². The number of hydrogen-bond acceptors (Lipinski definition) is 3. The molecule has 1 unspecified atom stereocenters. The minimum absolute atomic E-state index is 0.0490. The van der Waals surface area contributed by atoms with Crippen molar-refractivity contribution in [1.82, 2.24) is 4.98 Å². The number of carbonyl (C=O) groups excluding carboxylic acids is 1. The Balaban J connectivity index is 2.00. The number of benzene rings is 1. The van der Waals surface area contributed by atoms with E-state index in [-0.39, 0.29) is 11.9 Å². The molecule has 4 nitrogen and oxygen atoms in total. The van der Waals surface area contributed by atoms with Crippen molar-refractivity contribution in [2.75, 3.05) is 6.61 Å². The molecule has 0 amide bonds. The van der Waals surface area contributed by atoms with Gasteiger partial charge in [-0.05, 0) is 51.8 Å². The first-order chi connectivity index (χ1) is 9.99. The maximum Gasteiger partial charge on any atom is 0.196 e. The normalized spacial score (nSPS) is 22.1. The topological polar surface area (TPSA) is 51.3 Å². The summed E-state index contributed by atoms with van der Waals surface area (Å²) in [7, 11) is 0. The van der Waals surface area contributed by atoms with E-state index in [1.807, 2.05) is 39.0 Å². The Morgan fingerprint density at radius 2 is 2.24 bits per heavy atom. The van der Waals surface area contributed by atoms with E-state index >= 15 is 0 Å². The third kappa shape index (κ3) is 2.56. The van der Waals surface area contributed by atoms with E-state index in [4.69, 9.17) is 9.47 Å². The monoisotopic (exact) mass is 287 g/mol. The molecule has 1 saturated heterocycles. The van der Waals surface area contributed by atoms with Crippen molar-refractivity contribution >= 4 is 16.7 Å². The van der Waals surface area contributed by atoms with E-state index in [1.54, 1.807) is 6.20 Å². The fraction of sp³-hybridized carbons (Fsp3) is 0.471. The van der Waals surface area contributed by atoms with Gasteiger partial charge in [0.05, 0.1) is 6.10 Å². The summed E-state index contributed by atoms with van der Waals surface area (Å²) in [4.78, 5) is 15.9. The lowest BCUT2D eigenvalue weighted by Crippen LogP contribution is -2.34. The van der Waals surface area contributed by atoms with Crippen molar-refractivity contribution in [2.45, 2.75) is 45.3 Å². The number of nitrogens with one attached hydrogen (secondary N) is 1. The fourth-order valence-corrected chi connectivity index (χ4v) is 2.88. The fourth-order valence-electron chi connectivity index (χ4n) is 2.88. The van der Waals surface area contributed by atoms with E-state index in [0.29, 0.717) is 12.2 Å². The molecule has 21 heavy (non-hydrogen) atoms. The lowest BCUT2D eigenvalue weighted by molar-refractivity contribution is 0.0215. The molecule has 2 heterocycles. The Kier molecular flexibility index (Phi) is 3.49. The van der Waals surface area contributed by atoms with Crippen LogP contribution in [0.4, 0.5) is 0 Å². The number of aromatic amines is 1. The first-order valence-electron chi connectivity index (χ1n) is 7.46. The van der Waals surface area contributed by atoms with Gasteiger partial charge >= 0.3 is 0 Å². The molecule has 1 aliphatic heterocycles. The SMILES string of the molecule is CC(C)Oc1ccc2[nH]cc(C(=O)C3(C)CCCO3)c2c1. The molecule has 1 aromatic carbocycles. The highest BCUT2D eigenvalue weighted by atomic mass is 16.5. The van der Waals surface area contributed by atoms with Crippen molar-refractivity contribution < 1.29 is 14.3 Å². The number of ether oxygens (including phenoxy) is 2. The summed E-state index contributed by atoms with van der Waals surface area (Å²) in [5.74, 6) is 0.830. The average Bonchev–Trinajstić information content (AvgIpc) is 3.04. The summed E-state index contributed by atoms with van der Waals surface area (Å²) in [6.45, 7) is 6.52. The van der Waals surface area contributed by atoms with Crippen LogP contribution < -0.4 is 4.74 Å². The molecule has 1 aromatic heterocycles. The Morgan fingerprint density at radius 3 is 2.90 bits per heavy atom. The molecule has 0 bridgehead atoms. The van der Waals surface area contributed by atoms with E-state index in [9.17, 15) is 4.79 Å². The first-order valence-corrected chi connectivity index (χ1v) is 7.46. The van der Waals surface area contributed by atoms with Gasteiger partial charge in [-0.3, -0.25) is 4.79 Å². The van der Waals surface area contributed by atoms with E-state index in [0.717, 1.165) is 29.5 Å². The van der Waals surface area contributed by atoms with Crippen LogP contribution in [0.1, 0.15) is 44.0 Å². The van der Waals surface area contributed by atoms with Gasteiger partial charge in [-0.1, -0.05) is 0 Å². The Labute approximate surface area is 124 Å². The van der Waals surface area contributed by atoms with Gasteiger partial charge in [-0.2, -0.15) is 0 Å². The van der Waals surface area contributed by atoms with Crippen molar-refractivity contribution in [3.8, 4) is 5.75 Å². The van der Waals surface area contributed by atoms with Gasteiger partial charge in [0.15, 0.2) is 5.78 Å². The van der Waals surface area contributed by atoms with Gasteiger partial charge < -0.3 is 14.5 Å². The van der Waals surface area contributed by atoms with Crippen LogP contribution in [0.15, 0.2) is 24.4 Å². The van der Waals surface area contributed by atoms with E-state index < -0.39 is 5.60 Å². The van der Waals surface area contributed by atoms with Gasteiger partial charge in [-0.25, -0.2) is 0 Å². The highest BCUT2D eigenvalue weighted by molar-refractivity contribution is 6.12. The first kappa shape index (κ1) is 14.1.